The normalized spacial score (nSPS) is 12.5. The lowest BCUT2D eigenvalue weighted by Gasteiger charge is -2.14. The summed E-state index contributed by atoms with van der Waals surface area (Å²) in [4.78, 5) is 11.1. The minimum atomic E-state index is -0.776. The van der Waals surface area contributed by atoms with Gasteiger partial charge in [-0.25, -0.2) is 0 Å². The summed E-state index contributed by atoms with van der Waals surface area (Å²) >= 11 is 0. The molecular weight excluding hydrogens is 238 g/mol. The second kappa shape index (κ2) is 6.34. The van der Waals surface area contributed by atoms with Gasteiger partial charge in [-0.3, -0.25) is 4.79 Å². The molecule has 0 heterocycles. The van der Waals surface area contributed by atoms with Crippen molar-refractivity contribution in [3.8, 4) is 0 Å². The third-order valence-electron chi connectivity index (χ3n) is 3.29. The Hall–Kier alpha value is -1.87. The van der Waals surface area contributed by atoms with E-state index in [1.165, 1.54) is 10.8 Å². The molecule has 0 radical (unpaired) electrons. The first-order valence-corrected chi connectivity index (χ1v) is 6.65. The fourth-order valence-corrected chi connectivity index (χ4v) is 2.28. The lowest BCUT2D eigenvalue weighted by atomic mass is 10.0. The van der Waals surface area contributed by atoms with Crippen LogP contribution < -0.4 is 5.32 Å². The van der Waals surface area contributed by atoms with Crippen LogP contribution in [0.1, 0.15) is 25.3 Å². The summed E-state index contributed by atoms with van der Waals surface area (Å²) in [6.45, 7) is 2.58. The summed E-state index contributed by atoms with van der Waals surface area (Å²) < 4.78 is 0. The van der Waals surface area contributed by atoms with Gasteiger partial charge in [-0.15, -0.1) is 0 Å². The fraction of sp³-hybridized carbons (Fsp3) is 0.312. The SMILES string of the molecule is CCC[C@H](NCc1cccc2ccccc12)C(=O)O. The summed E-state index contributed by atoms with van der Waals surface area (Å²) in [7, 11) is 0. The number of fused-ring (bicyclic) bond motifs is 1. The zero-order valence-electron chi connectivity index (χ0n) is 11.1. The maximum Gasteiger partial charge on any atom is 0.320 e. The van der Waals surface area contributed by atoms with E-state index < -0.39 is 12.0 Å². The number of carbonyl (C=O) groups is 1. The van der Waals surface area contributed by atoms with E-state index in [9.17, 15) is 4.79 Å². The predicted octanol–water partition coefficient (Wildman–Crippen LogP) is 3.18. The standard InChI is InChI=1S/C16H19NO2/c1-2-6-15(16(18)19)17-11-13-9-5-8-12-7-3-4-10-14(12)13/h3-5,7-10,15,17H,2,6,11H2,1H3,(H,18,19)/t15-/m0/s1. The molecule has 1 atom stereocenters. The number of carboxylic acid groups (broad SMARTS) is 1. The van der Waals surface area contributed by atoms with Gasteiger partial charge in [0, 0.05) is 6.54 Å². The van der Waals surface area contributed by atoms with Crippen molar-refractivity contribution in [2.75, 3.05) is 0 Å². The van der Waals surface area contributed by atoms with E-state index in [1.54, 1.807) is 0 Å². The molecule has 0 spiro atoms. The molecule has 0 saturated heterocycles. The molecule has 0 bridgehead atoms. The van der Waals surface area contributed by atoms with Gasteiger partial charge in [0.15, 0.2) is 0 Å². The summed E-state index contributed by atoms with van der Waals surface area (Å²) in [6, 6.07) is 13.8. The molecule has 0 aliphatic heterocycles. The topological polar surface area (TPSA) is 49.3 Å². The number of hydrogen-bond acceptors (Lipinski definition) is 2. The molecule has 0 aliphatic carbocycles. The van der Waals surface area contributed by atoms with E-state index in [1.807, 2.05) is 31.2 Å². The van der Waals surface area contributed by atoms with Crippen LogP contribution >= 0.6 is 0 Å². The van der Waals surface area contributed by atoms with Crippen molar-refractivity contribution in [3.05, 3.63) is 48.0 Å². The van der Waals surface area contributed by atoms with Gasteiger partial charge in [-0.1, -0.05) is 55.8 Å². The van der Waals surface area contributed by atoms with Crippen molar-refractivity contribution in [3.63, 3.8) is 0 Å². The van der Waals surface area contributed by atoms with Crippen molar-refractivity contribution >= 4 is 16.7 Å². The molecule has 0 aromatic heterocycles. The molecule has 3 heteroatoms. The first-order chi connectivity index (χ1) is 9.22. The Labute approximate surface area is 113 Å². The van der Waals surface area contributed by atoms with Gasteiger partial charge in [0.1, 0.15) is 6.04 Å². The number of benzene rings is 2. The lowest BCUT2D eigenvalue weighted by molar-refractivity contribution is -0.139. The van der Waals surface area contributed by atoms with Crippen LogP contribution in [0, 0.1) is 0 Å². The fourth-order valence-electron chi connectivity index (χ4n) is 2.28. The molecule has 3 nitrogen and oxygen atoms in total. The van der Waals surface area contributed by atoms with E-state index in [0.717, 1.165) is 12.0 Å². The van der Waals surface area contributed by atoms with Crippen LogP contribution in [-0.2, 0) is 11.3 Å². The highest BCUT2D eigenvalue weighted by atomic mass is 16.4. The average Bonchev–Trinajstić information content (AvgIpc) is 2.43. The molecule has 0 amide bonds. The second-order valence-electron chi connectivity index (χ2n) is 4.70. The monoisotopic (exact) mass is 257 g/mol. The first kappa shape index (κ1) is 13.6. The van der Waals surface area contributed by atoms with Gasteiger partial charge < -0.3 is 10.4 Å². The Bertz CT molecular complexity index is 560. The van der Waals surface area contributed by atoms with Gasteiger partial charge in [-0.2, -0.15) is 0 Å². The van der Waals surface area contributed by atoms with E-state index in [4.69, 9.17) is 5.11 Å². The number of rotatable bonds is 6. The molecule has 2 aromatic rings. The van der Waals surface area contributed by atoms with Crippen molar-refractivity contribution in [1.82, 2.24) is 5.32 Å². The third kappa shape index (κ3) is 3.32. The summed E-state index contributed by atoms with van der Waals surface area (Å²) in [5.41, 5.74) is 1.14. The molecule has 0 unspecified atom stereocenters. The Morgan fingerprint density at radius 1 is 1.21 bits per heavy atom. The summed E-state index contributed by atoms with van der Waals surface area (Å²) in [5, 5.41) is 14.6. The molecule has 19 heavy (non-hydrogen) atoms. The van der Waals surface area contributed by atoms with Crippen molar-refractivity contribution in [2.45, 2.75) is 32.4 Å². The van der Waals surface area contributed by atoms with Crippen LogP contribution in [0.15, 0.2) is 42.5 Å². The van der Waals surface area contributed by atoms with E-state index >= 15 is 0 Å². The van der Waals surface area contributed by atoms with Crippen LogP contribution in [0.25, 0.3) is 10.8 Å². The average molecular weight is 257 g/mol. The van der Waals surface area contributed by atoms with Crippen molar-refractivity contribution in [2.24, 2.45) is 0 Å². The van der Waals surface area contributed by atoms with Gasteiger partial charge in [0.2, 0.25) is 0 Å². The minimum absolute atomic E-state index is 0.469. The third-order valence-corrected chi connectivity index (χ3v) is 3.29. The van der Waals surface area contributed by atoms with Gasteiger partial charge in [0.25, 0.3) is 0 Å². The number of carboxylic acids is 1. The van der Waals surface area contributed by atoms with Crippen LogP contribution in [0.3, 0.4) is 0 Å². The Morgan fingerprint density at radius 2 is 1.95 bits per heavy atom. The largest absolute Gasteiger partial charge is 0.480 e. The quantitative estimate of drug-likeness (QED) is 0.835. The van der Waals surface area contributed by atoms with Crippen molar-refractivity contribution in [1.29, 1.82) is 0 Å². The predicted molar refractivity (Wildman–Crippen MR) is 77.1 cm³/mol. The maximum atomic E-state index is 11.1. The van der Waals surface area contributed by atoms with Crippen LogP contribution in [-0.4, -0.2) is 17.1 Å². The highest BCUT2D eigenvalue weighted by Crippen LogP contribution is 2.18. The summed E-state index contributed by atoms with van der Waals surface area (Å²) in [6.07, 6.45) is 1.51. The number of aliphatic carboxylic acids is 1. The second-order valence-corrected chi connectivity index (χ2v) is 4.70. The van der Waals surface area contributed by atoms with Gasteiger partial charge >= 0.3 is 5.97 Å². The van der Waals surface area contributed by atoms with Crippen LogP contribution in [0.4, 0.5) is 0 Å². The molecule has 2 N–H and O–H groups in total. The van der Waals surface area contributed by atoms with Gasteiger partial charge in [-0.05, 0) is 22.8 Å². The smallest absolute Gasteiger partial charge is 0.320 e. The minimum Gasteiger partial charge on any atom is -0.480 e. The Kier molecular flexibility index (Phi) is 4.53. The molecule has 0 saturated carbocycles. The van der Waals surface area contributed by atoms with Crippen molar-refractivity contribution < 1.29 is 9.90 Å². The Morgan fingerprint density at radius 3 is 2.68 bits per heavy atom. The summed E-state index contributed by atoms with van der Waals surface area (Å²) in [5.74, 6) is -0.776. The zero-order chi connectivity index (χ0) is 13.7. The van der Waals surface area contributed by atoms with Crippen LogP contribution in [0.2, 0.25) is 0 Å². The highest BCUT2D eigenvalue weighted by Gasteiger charge is 2.15. The van der Waals surface area contributed by atoms with Gasteiger partial charge in [0.05, 0.1) is 0 Å². The molecule has 100 valence electrons. The van der Waals surface area contributed by atoms with E-state index in [0.29, 0.717) is 13.0 Å². The number of hydrogen-bond donors (Lipinski definition) is 2. The van der Waals surface area contributed by atoms with E-state index in [2.05, 4.69) is 23.5 Å². The maximum absolute atomic E-state index is 11.1. The molecule has 2 aromatic carbocycles. The molecule has 0 aliphatic rings. The zero-order valence-corrected chi connectivity index (χ0v) is 11.1. The first-order valence-electron chi connectivity index (χ1n) is 6.65. The molecular formula is C16H19NO2. The lowest BCUT2D eigenvalue weighted by Crippen LogP contribution is -2.36. The number of nitrogens with one attached hydrogen (secondary N) is 1. The molecule has 0 fully saturated rings. The Balaban J connectivity index is 2.15. The van der Waals surface area contributed by atoms with Crippen LogP contribution in [0.5, 0.6) is 0 Å². The highest BCUT2D eigenvalue weighted by molar-refractivity contribution is 5.85. The molecule has 2 rings (SSSR count). The van der Waals surface area contributed by atoms with E-state index in [-0.39, 0.29) is 0 Å².